The van der Waals surface area contributed by atoms with Gasteiger partial charge in [-0.25, -0.2) is 8.42 Å². The molecule has 0 aromatic heterocycles. The number of halogens is 1. The largest absolute Gasteiger partial charge is 0.379 e. The van der Waals surface area contributed by atoms with Gasteiger partial charge in [0.15, 0.2) is 0 Å². The molecule has 2 aliphatic rings. The van der Waals surface area contributed by atoms with E-state index in [9.17, 15) is 13.2 Å². The second kappa shape index (κ2) is 8.07. The van der Waals surface area contributed by atoms with Gasteiger partial charge in [0.05, 0.1) is 23.5 Å². The lowest BCUT2D eigenvalue weighted by Gasteiger charge is -2.26. The molecule has 2 aromatic carbocycles. The molecule has 8 heteroatoms. The maximum atomic E-state index is 12.8. The Morgan fingerprint density at radius 2 is 1.66 bits per heavy atom. The van der Waals surface area contributed by atoms with E-state index in [-0.39, 0.29) is 10.8 Å². The normalized spacial score (nSPS) is 18.9. The number of sulfonamides is 1. The predicted octanol–water partition coefficient (Wildman–Crippen LogP) is 2.71. The van der Waals surface area contributed by atoms with E-state index in [1.165, 1.54) is 4.31 Å². The summed E-state index contributed by atoms with van der Waals surface area (Å²) in [5, 5.41) is 3.64. The van der Waals surface area contributed by atoms with E-state index >= 15 is 0 Å². The summed E-state index contributed by atoms with van der Waals surface area (Å²) >= 11 is 5.94. The summed E-state index contributed by atoms with van der Waals surface area (Å²) in [6.07, 6.45) is 1.63. The number of rotatable bonds is 6. The summed E-state index contributed by atoms with van der Waals surface area (Å²) in [7, 11) is -3.51. The van der Waals surface area contributed by atoms with Crippen molar-refractivity contribution in [3.8, 4) is 0 Å². The first-order valence-electron chi connectivity index (χ1n) is 9.63. The quantitative estimate of drug-likeness (QED) is 0.758. The number of carbonyl (C=O) groups is 1. The van der Waals surface area contributed by atoms with Crippen LogP contribution in [0.15, 0.2) is 53.4 Å². The number of hydrogen-bond donors (Lipinski definition) is 1. The topological polar surface area (TPSA) is 75.7 Å². The lowest BCUT2D eigenvalue weighted by Crippen LogP contribution is -2.40. The van der Waals surface area contributed by atoms with Gasteiger partial charge in [0.1, 0.15) is 0 Å². The maximum Gasteiger partial charge on any atom is 0.243 e. The summed E-state index contributed by atoms with van der Waals surface area (Å²) < 4.78 is 32.0. The highest BCUT2D eigenvalue weighted by Crippen LogP contribution is 2.48. The molecule has 1 saturated heterocycles. The summed E-state index contributed by atoms with van der Waals surface area (Å²) in [6.45, 7) is 1.92. The number of hydrogen-bond acceptors (Lipinski definition) is 4. The summed E-state index contributed by atoms with van der Waals surface area (Å²) in [4.78, 5) is 13.0. The van der Waals surface area contributed by atoms with Crippen LogP contribution in [0, 0.1) is 0 Å². The average Bonchev–Trinajstić information content (AvgIpc) is 3.55. The molecule has 1 N–H and O–H groups in total. The van der Waals surface area contributed by atoms with Gasteiger partial charge in [-0.15, -0.1) is 0 Å². The molecule has 1 amide bonds. The van der Waals surface area contributed by atoms with Gasteiger partial charge in [0, 0.05) is 24.7 Å². The van der Waals surface area contributed by atoms with E-state index in [1.54, 1.807) is 36.4 Å². The van der Waals surface area contributed by atoms with Crippen LogP contribution in [0.25, 0.3) is 0 Å². The minimum atomic E-state index is -3.51. The van der Waals surface area contributed by atoms with Crippen molar-refractivity contribution >= 4 is 27.5 Å². The maximum absolute atomic E-state index is 12.8. The predicted molar refractivity (Wildman–Crippen MR) is 110 cm³/mol. The fourth-order valence-corrected chi connectivity index (χ4v) is 5.14. The number of ether oxygens (including phenoxy) is 1. The van der Waals surface area contributed by atoms with Gasteiger partial charge in [-0.1, -0.05) is 35.9 Å². The van der Waals surface area contributed by atoms with Gasteiger partial charge >= 0.3 is 0 Å². The van der Waals surface area contributed by atoms with Gasteiger partial charge in [0.25, 0.3) is 0 Å². The molecule has 2 aromatic rings. The van der Waals surface area contributed by atoms with Crippen LogP contribution >= 0.6 is 11.6 Å². The van der Waals surface area contributed by atoms with Crippen molar-refractivity contribution in [2.75, 3.05) is 26.3 Å². The molecule has 0 bridgehead atoms. The minimum absolute atomic E-state index is 0.00941. The van der Waals surface area contributed by atoms with E-state index in [0.717, 1.165) is 24.0 Å². The van der Waals surface area contributed by atoms with Crippen molar-refractivity contribution in [1.82, 2.24) is 9.62 Å². The fourth-order valence-electron chi connectivity index (χ4n) is 3.61. The fraction of sp³-hybridized carbons (Fsp3) is 0.381. The SMILES string of the molecule is O=C(NCc1ccc(S(=O)(=O)N2CCOCC2)cc1)C1(c2ccc(Cl)cc2)CC1. The Hall–Kier alpha value is -1.93. The standard InChI is InChI=1S/C21H23ClN2O4S/c22-18-5-3-17(4-6-18)21(9-10-21)20(25)23-15-16-1-7-19(8-2-16)29(26,27)24-11-13-28-14-12-24/h1-8H,9-15H2,(H,23,25). The summed E-state index contributed by atoms with van der Waals surface area (Å²) in [5.41, 5.74) is 1.36. The molecule has 6 nitrogen and oxygen atoms in total. The summed E-state index contributed by atoms with van der Waals surface area (Å²) in [5.74, 6) is -0.00941. The molecule has 0 spiro atoms. The number of nitrogens with zero attached hydrogens (tertiary/aromatic N) is 1. The van der Waals surface area contributed by atoms with E-state index < -0.39 is 15.4 Å². The third-order valence-corrected chi connectivity index (χ3v) is 7.73. The number of nitrogens with one attached hydrogen (secondary N) is 1. The lowest BCUT2D eigenvalue weighted by atomic mass is 9.95. The van der Waals surface area contributed by atoms with Crippen LogP contribution in [0.3, 0.4) is 0 Å². The van der Waals surface area contributed by atoms with Crippen LogP contribution in [0.4, 0.5) is 0 Å². The third kappa shape index (κ3) is 4.19. The zero-order chi connectivity index (χ0) is 20.5. The van der Waals surface area contributed by atoms with E-state index in [4.69, 9.17) is 16.3 Å². The van der Waals surface area contributed by atoms with Gasteiger partial charge in [-0.05, 0) is 48.2 Å². The van der Waals surface area contributed by atoms with Crippen molar-refractivity contribution in [2.24, 2.45) is 0 Å². The Morgan fingerprint density at radius 3 is 2.24 bits per heavy atom. The van der Waals surface area contributed by atoms with Crippen LogP contribution in [0.2, 0.25) is 5.02 Å². The van der Waals surface area contributed by atoms with E-state index in [1.807, 2.05) is 12.1 Å². The van der Waals surface area contributed by atoms with Gasteiger partial charge in [-0.3, -0.25) is 4.79 Å². The highest BCUT2D eigenvalue weighted by Gasteiger charge is 2.51. The number of amides is 1. The molecule has 0 atom stereocenters. The molecule has 2 fully saturated rings. The molecule has 1 heterocycles. The van der Waals surface area contributed by atoms with Crippen LogP contribution in [-0.4, -0.2) is 44.9 Å². The Kier molecular flexibility index (Phi) is 5.66. The zero-order valence-electron chi connectivity index (χ0n) is 15.9. The molecule has 0 unspecified atom stereocenters. The molecular formula is C21H23ClN2O4S. The molecule has 4 rings (SSSR count). The Balaban J connectivity index is 1.39. The van der Waals surface area contributed by atoms with Crippen molar-refractivity contribution in [1.29, 1.82) is 0 Å². The summed E-state index contributed by atoms with van der Waals surface area (Å²) in [6, 6.07) is 14.1. The van der Waals surface area contributed by atoms with Crippen LogP contribution in [0.5, 0.6) is 0 Å². The lowest BCUT2D eigenvalue weighted by molar-refractivity contribution is -0.123. The van der Waals surface area contributed by atoms with Gasteiger partial charge < -0.3 is 10.1 Å². The van der Waals surface area contributed by atoms with Crippen molar-refractivity contribution < 1.29 is 17.9 Å². The van der Waals surface area contributed by atoms with Crippen molar-refractivity contribution in [3.05, 3.63) is 64.7 Å². The molecule has 0 radical (unpaired) electrons. The second-order valence-corrected chi connectivity index (χ2v) is 9.81. The third-order valence-electron chi connectivity index (χ3n) is 5.57. The molecule has 1 aliphatic carbocycles. The number of benzene rings is 2. The molecular weight excluding hydrogens is 412 g/mol. The average molecular weight is 435 g/mol. The van der Waals surface area contributed by atoms with Crippen LogP contribution in [-0.2, 0) is 31.5 Å². The number of morpholine rings is 1. The Bertz CT molecular complexity index is 980. The molecule has 1 aliphatic heterocycles. The Morgan fingerprint density at radius 1 is 1.03 bits per heavy atom. The first-order chi connectivity index (χ1) is 13.9. The van der Waals surface area contributed by atoms with Gasteiger partial charge in [-0.2, -0.15) is 4.31 Å². The second-order valence-electron chi connectivity index (χ2n) is 7.43. The molecule has 154 valence electrons. The minimum Gasteiger partial charge on any atom is -0.379 e. The Labute approximate surface area is 175 Å². The molecule has 29 heavy (non-hydrogen) atoms. The molecule has 1 saturated carbocycles. The monoisotopic (exact) mass is 434 g/mol. The first-order valence-corrected chi connectivity index (χ1v) is 11.4. The zero-order valence-corrected chi connectivity index (χ0v) is 17.5. The van der Waals surface area contributed by atoms with Crippen molar-refractivity contribution in [3.63, 3.8) is 0 Å². The van der Waals surface area contributed by atoms with Gasteiger partial charge in [0.2, 0.25) is 15.9 Å². The number of carbonyl (C=O) groups excluding carboxylic acids is 1. The van der Waals surface area contributed by atoms with E-state index in [0.29, 0.717) is 37.9 Å². The van der Waals surface area contributed by atoms with Crippen LogP contribution in [0.1, 0.15) is 24.0 Å². The van der Waals surface area contributed by atoms with E-state index in [2.05, 4.69) is 5.32 Å². The smallest absolute Gasteiger partial charge is 0.243 e. The van der Waals surface area contributed by atoms with Crippen LogP contribution < -0.4 is 5.32 Å². The highest BCUT2D eigenvalue weighted by molar-refractivity contribution is 7.89. The highest BCUT2D eigenvalue weighted by atomic mass is 35.5. The van der Waals surface area contributed by atoms with Crippen molar-refractivity contribution in [2.45, 2.75) is 29.7 Å². The first kappa shape index (κ1) is 20.3.